The first kappa shape index (κ1) is 8.15. The molecule has 0 aliphatic rings. The van der Waals surface area contributed by atoms with E-state index in [0.717, 1.165) is 0 Å². The van der Waals surface area contributed by atoms with E-state index >= 15 is 0 Å². The van der Waals surface area contributed by atoms with Crippen LogP contribution >= 0.6 is 0 Å². The van der Waals surface area contributed by atoms with Crippen molar-refractivity contribution in [2.45, 2.75) is 6.92 Å². The van der Waals surface area contributed by atoms with Gasteiger partial charge in [0.25, 0.3) is 0 Å². The summed E-state index contributed by atoms with van der Waals surface area (Å²) in [4.78, 5) is 3.80. The lowest BCUT2D eigenvalue weighted by atomic mass is 10.2. The highest BCUT2D eigenvalue weighted by Crippen LogP contribution is 1.95. The van der Waals surface area contributed by atoms with Gasteiger partial charge in [0.2, 0.25) is 0 Å². The van der Waals surface area contributed by atoms with Crippen LogP contribution in [0.2, 0.25) is 0 Å². The van der Waals surface area contributed by atoms with Crippen LogP contribution in [0.15, 0.2) is 29.8 Å². The maximum absolute atomic E-state index is 3.80. The number of hydrogen-bond acceptors (Lipinski definition) is 1. The Balaban J connectivity index is 3.55. The minimum atomic E-state index is 0.447. The molecule has 0 bridgehead atoms. The predicted molar refractivity (Wildman–Crippen MR) is 42.9 cm³/mol. The lowest BCUT2D eigenvalue weighted by Gasteiger charge is -1.91. The number of hydrogen-bond donors (Lipinski definition) is 0. The molecule has 0 aromatic carbocycles. The monoisotopic (exact) mass is 123 g/mol. The molecule has 1 nitrogen and oxygen atoms in total. The molecule has 50 valence electrons. The second-order valence-electron chi connectivity index (χ2n) is 1.89. The van der Waals surface area contributed by atoms with Crippen molar-refractivity contribution >= 4 is 6.21 Å². The van der Waals surface area contributed by atoms with Crippen molar-refractivity contribution in [3.8, 4) is 0 Å². The van der Waals surface area contributed by atoms with Crippen molar-refractivity contribution in [3.63, 3.8) is 0 Å². The lowest BCUT2D eigenvalue weighted by molar-refractivity contribution is 0.945. The van der Waals surface area contributed by atoms with Gasteiger partial charge in [-0.25, -0.2) is 0 Å². The minimum absolute atomic E-state index is 0.447. The van der Waals surface area contributed by atoms with Gasteiger partial charge in [-0.05, 0) is 12.0 Å². The lowest BCUT2D eigenvalue weighted by Crippen LogP contribution is -1.79. The third-order valence-corrected chi connectivity index (χ3v) is 1.02. The molecule has 0 aliphatic carbocycles. The summed E-state index contributed by atoms with van der Waals surface area (Å²) in [5.41, 5.74) is 0. The van der Waals surface area contributed by atoms with E-state index in [1.807, 2.05) is 18.2 Å². The Hall–Kier alpha value is -0.850. The summed E-state index contributed by atoms with van der Waals surface area (Å²) in [5.74, 6) is 0.447. The zero-order valence-corrected chi connectivity index (χ0v) is 6.04. The van der Waals surface area contributed by atoms with Gasteiger partial charge < -0.3 is 0 Å². The molecule has 0 aliphatic heterocycles. The van der Waals surface area contributed by atoms with E-state index in [-0.39, 0.29) is 0 Å². The van der Waals surface area contributed by atoms with Crippen LogP contribution in [-0.4, -0.2) is 13.3 Å². The number of allylic oxidation sites excluding steroid dienone is 3. The summed E-state index contributed by atoms with van der Waals surface area (Å²) in [7, 11) is 1.75. The van der Waals surface area contributed by atoms with Gasteiger partial charge in [0.05, 0.1) is 0 Å². The SMILES string of the molecule is C=CC(C)/C=C\C=N/C. The average Bonchev–Trinajstić information content (AvgIpc) is 1.89. The van der Waals surface area contributed by atoms with E-state index in [4.69, 9.17) is 0 Å². The second kappa shape index (κ2) is 5.29. The van der Waals surface area contributed by atoms with Gasteiger partial charge in [-0.15, -0.1) is 6.58 Å². The van der Waals surface area contributed by atoms with Crippen molar-refractivity contribution in [1.82, 2.24) is 0 Å². The van der Waals surface area contributed by atoms with Gasteiger partial charge in [0.15, 0.2) is 0 Å². The molecular weight excluding hydrogens is 110 g/mol. The van der Waals surface area contributed by atoms with E-state index < -0.39 is 0 Å². The molecule has 0 radical (unpaired) electrons. The zero-order valence-electron chi connectivity index (χ0n) is 6.04. The van der Waals surface area contributed by atoms with Gasteiger partial charge in [0.1, 0.15) is 0 Å². The summed E-state index contributed by atoms with van der Waals surface area (Å²) in [6, 6.07) is 0. The van der Waals surface area contributed by atoms with Gasteiger partial charge in [-0.1, -0.05) is 19.1 Å². The molecule has 9 heavy (non-hydrogen) atoms. The molecule has 0 spiro atoms. The second-order valence-corrected chi connectivity index (χ2v) is 1.89. The fraction of sp³-hybridized carbons (Fsp3) is 0.375. The first-order valence-corrected chi connectivity index (χ1v) is 3.02. The Labute approximate surface area is 56.8 Å². The fourth-order valence-electron chi connectivity index (χ4n) is 0.390. The topological polar surface area (TPSA) is 12.4 Å². The van der Waals surface area contributed by atoms with Crippen LogP contribution in [0.4, 0.5) is 0 Å². The van der Waals surface area contributed by atoms with Gasteiger partial charge in [-0.3, -0.25) is 4.99 Å². The van der Waals surface area contributed by atoms with Crippen LogP contribution in [0.5, 0.6) is 0 Å². The van der Waals surface area contributed by atoms with Gasteiger partial charge >= 0.3 is 0 Å². The molecule has 0 saturated carbocycles. The molecule has 0 heterocycles. The molecule has 0 aromatic rings. The van der Waals surface area contributed by atoms with E-state index in [1.165, 1.54) is 0 Å². The maximum Gasteiger partial charge on any atom is 0.0277 e. The van der Waals surface area contributed by atoms with Crippen LogP contribution in [0.25, 0.3) is 0 Å². The highest BCUT2D eigenvalue weighted by molar-refractivity contribution is 5.70. The molecule has 1 atom stereocenters. The van der Waals surface area contributed by atoms with Crippen LogP contribution in [-0.2, 0) is 0 Å². The van der Waals surface area contributed by atoms with Crippen LogP contribution in [0.3, 0.4) is 0 Å². The molecule has 0 saturated heterocycles. The Morgan fingerprint density at radius 1 is 1.56 bits per heavy atom. The summed E-state index contributed by atoms with van der Waals surface area (Å²) < 4.78 is 0. The molecule has 0 aromatic heterocycles. The van der Waals surface area contributed by atoms with E-state index in [9.17, 15) is 0 Å². The maximum atomic E-state index is 3.80. The van der Waals surface area contributed by atoms with E-state index in [2.05, 4.69) is 18.5 Å². The first-order valence-electron chi connectivity index (χ1n) is 3.02. The van der Waals surface area contributed by atoms with E-state index in [0.29, 0.717) is 5.92 Å². The van der Waals surface area contributed by atoms with E-state index in [1.54, 1.807) is 13.3 Å². The van der Waals surface area contributed by atoms with Gasteiger partial charge in [-0.2, -0.15) is 0 Å². The zero-order chi connectivity index (χ0) is 7.11. The third kappa shape index (κ3) is 5.01. The quantitative estimate of drug-likeness (QED) is 0.402. The average molecular weight is 123 g/mol. The first-order chi connectivity index (χ1) is 4.31. The summed E-state index contributed by atoms with van der Waals surface area (Å²) in [5, 5.41) is 0. The Bertz CT molecular complexity index is 123. The fourth-order valence-corrected chi connectivity index (χ4v) is 0.390. The molecule has 1 heteroatoms. The van der Waals surface area contributed by atoms with Crippen molar-refractivity contribution < 1.29 is 0 Å². The third-order valence-electron chi connectivity index (χ3n) is 1.02. The molecule has 0 fully saturated rings. The van der Waals surface area contributed by atoms with Crippen molar-refractivity contribution in [3.05, 3.63) is 24.8 Å². The van der Waals surface area contributed by atoms with Crippen molar-refractivity contribution in [2.24, 2.45) is 10.9 Å². The predicted octanol–water partition coefficient (Wildman–Crippen LogP) is 2.07. The standard InChI is InChI=1S/C8H13N/c1-4-8(2)6-5-7-9-3/h4-8H,1H2,2-3H3/b6-5-,9-7-. The van der Waals surface area contributed by atoms with Crippen LogP contribution in [0, 0.1) is 5.92 Å². The largest absolute Gasteiger partial charge is 0.297 e. The Kier molecular flexibility index (Phi) is 4.79. The van der Waals surface area contributed by atoms with Crippen molar-refractivity contribution in [2.75, 3.05) is 7.05 Å². The summed E-state index contributed by atoms with van der Waals surface area (Å²) in [6.45, 7) is 5.72. The number of nitrogens with zero attached hydrogens (tertiary/aromatic N) is 1. The smallest absolute Gasteiger partial charge is 0.0277 e. The number of aliphatic imine (C=N–C) groups is 1. The van der Waals surface area contributed by atoms with Gasteiger partial charge in [0, 0.05) is 13.3 Å². The Morgan fingerprint density at radius 3 is 2.67 bits per heavy atom. The molecular formula is C8H13N. The summed E-state index contributed by atoms with van der Waals surface area (Å²) >= 11 is 0. The molecule has 1 unspecified atom stereocenters. The summed E-state index contributed by atoms with van der Waals surface area (Å²) in [6.07, 6.45) is 7.62. The molecule has 0 rings (SSSR count). The highest BCUT2D eigenvalue weighted by Gasteiger charge is 1.82. The minimum Gasteiger partial charge on any atom is -0.297 e. The van der Waals surface area contributed by atoms with Crippen molar-refractivity contribution in [1.29, 1.82) is 0 Å². The number of rotatable bonds is 3. The molecule has 0 amide bonds. The molecule has 0 N–H and O–H groups in total. The van der Waals surface area contributed by atoms with Crippen LogP contribution in [0.1, 0.15) is 6.92 Å². The van der Waals surface area contributed by atoms with Crippen LogP contribution < -0.4 is 0 Å². The Morgan fingerprint density at radius 2 is 2.22 bits per heavy atom. The normalized spacial score (nSPS) is 14.9. The highest BCUT2D eigenvalue weighted by atomic mass is 14.6.